The Hall–Kier alpha value is -3.18. The first-order chi connectivity index (χ1) is 14.2. The third-order valence-corrected chi connectivity index (χ3v) is 5.37. The van der Waals surface area contributed by atoms with Crippen molar-refractivity contribution in [2.45, 2.75) is 26.7 Å². The van der Waals surface area contributed by atoms with E-state index in [1.165, 1.54) is 10.9 Å². The van der Waals surface area contributed by atoms with E-state index in [1.54, 1.807) is 0 Å². The highest BCUT2D eigenvalue weighted by Gasteiger charge is 2.13. The summed E-state index contributed by atoms with van der Waals surface area (Å²) in [5.74, 6) is -0.0366. The minimum atomic E-state index is -0.0366. The van der Waals surface area contributed by atoms with Gasteiger partial charge in [0.1, 0.15) is 0 Å². The summed E-state index contributed by atoms with van der Waals surface area (Å²) < 4.78 is 0. The first kappa shape index (κ1) is 19.2. The van der Waals surface area contributed by atoms with Crippen molar-refractivity contribution in [1.82, 2.24) is 15.3 Å². The van der Waals surface area contributed by atoms with Gasteiger partial charge in [0.25, 0.3) is 0 Å². The molecular weight excluding hydrogens is 360 g/mol. The molecule has 2 aromatic heterocycles. The number of rotatable bonds is 7. The Labute approximate surface area is 170 Å². The van der Waals surface area contributed by atoms with Crippen molar-refractivity contribution in [3.8, 4) is 0 Å². The largest absolute Gasteiger partial charge is 0.361 e. The minimum absolute atomic E-state index is 0.0366. The van der Waals surface area contributed by atoms with E-state index in [2.05, 4.69) is 34.7 Å². The summed E-state index contributed by atoms with van der Waals surface area (Å²) in [6.45, 7) is 5.13. The predicted molar refractivity (Wildman–Crippen MR) is 119 cm³/mol. The molecule has 0 aliphatic carbocycles. The van der Waals surface area contributed by atoms with Gasteiger partial charge in [0.2, 0.25) is 5.91 Å². The summed E-state index contributed by atoms with van der Waals surface area (Å²) in [6, 6.07) is 16.2. The average molecular weight is 386 g/mol. The van der Waals surface area contributed by atoms with E-state index in [4.69, 9.17) is 4.98 Å². The SMILES string of the molecule is CCc1nc2ccccc2c(NC(=O)CNCCc2c[nH]c3ccccc23)c1C. The van der Waals surface area contributed by atoms with Crippen LogP contribution in [0, 0.1) is 6.92 Å². The third-order valence-electron chi connectivity index (χ3n) is 5.37. The van der Waals surface area contributed by atoms with Crippen molar-refractivity contribution in [2.24, 2.45) is 0 Å². The van der Waals surface area contributed by atoms with Crippen LogP contribution < -0.4 is 10.6 Å². The Bertz CT molecular complexity index is 1160. The number of nitrogens with one attached hydrogen (secondary N) is 3. The molecule has 4 aromatic rings. The molecule has 2 heterocycles. The van der Waals surface area contributed by atoms with E-state index in [0.717, 1.165) is 52.8 Å². The number of para-hydroxylation sites is 2. The molecule has 0 saturated carbocycles. The molecule has 0 fully saturated rings. The van der Waals surface area contributed by atoms with E-state index in [-0.39, 0.29) is 12.5 Å². The molecule has 5 heteroatoms. The lowest BCUT2D eigenvalue weighted by Gasteiger charge is -2.15. The van der Waals surface area contributed by atoms with Crippen LogP contribution in [0.2, 0.25) is 0 Å². The molecule has 0 unspecified atom stereocenters. The first-order valence-corrected chi connectivity index (χ1v) is 10.1. The number of aromatic nitrogens is 2. The van der Waals surface area contributed by atoms with E-state index in [1.807, 2.05) is 49.5 Å². The summed E-state index contributed by atoms with van der Waals surface area (Å²) in [5.41, 5.74) is 6.25. The van der Waals surface area contributed by atoms with E-state index < -0.39 is 0 Å². The van der Waals surface area contributed by atoms with Crippen molar-refractivity contribution in [2.75, 3.05) is 18.4 Å². The number of amides is 1. The van der Waals surface area contributed by atoms with Crippen LogP contribution in [0.3, 0.4) is 0 Å². The maximum absolute atomic E-state index is 12.6. The monoisotopic (exact) mass is 386 g/mol. The van der Waals surface area contributed by atoms with Gasteiger partial charge in [0, 0.05) is 28.2 Å². The highest BCUT2D eigenvalue weighted by atomic mass is 16.1. The number of carbonyl (C=O) groups is 1. The van der Waals surface area contributed by atoms with Crippen molar-refractivity contribution in [3.63, 3.8) is 0 Å². The Morgan fingerprint density at radius 3 is 2.66 bits per heavy atom. The molecular formula is C24H26N4O. The lowest BCUT2D eigenvalue weighted by atomic mass is 10.1. The smallest absolute Gasteiger partial charge is 0.238 e. The fourth-order valence-electron chi connectivity index (χ4n) is 3.81. The number of hydrogen-bond donors (Lipinski definition) is 3. The van der Waals surface area contributed by atoms with Gasteiger partial charge in [-0.15, -0.1) is 0 Å². The number of pyridine rings is 1. The number of carbonyl (C=O) groups excluding carboxylic acids is 1. The van der Waals surface area contributed by atoms with Gasteiger partial charge in [-0.1, -0.05) is 43.3 Å². The topological polar surface area (TPSA) is 69.8 Å². The van der Waals surface area contributed by atoms with Crippen LogP contribution in [0.4, 0.5) is 5.69 Å². The average Bonchev–Trinajstić information content (AvgIpc) is 3.16. The zero-order valence-corrected chi connectivity index (χ0v) is 16.9. The van der Waals surface area contributed by atoms with Crippen LogP contribution in [-0.2, 0) is 17.6 Å². The Morgan fingerprint density at radius 2 is 1.83 bits per heavy atom. The molecule has 0 aliphatic heterocycles. The number of anilines is 1. The number of fused-ring (bicyclic) bond motifs is 2. The summed E-state index contributed by atoms with van der Waals surface area (Å²) in [6.07, 6.45) is 3.75. The number of aryl methyl sites for hydroxylation is 1. The van der Waals surface area contributed by atoms with Crippen molar-refractivity contribution >= 4 is 33.4 Å². The number of benzene rings is 2. The summed E-state index contributed by atoms with van der Waals surface area (Å²) in [5, 5.41) is 8.59. The van der Waals surface area contributed by atoms with Crippen LogP contribution in [0.25, 0.3) is 21.8 Å². The molecule has 4 rings (SSSR count). The van der Waals surface area contributed by atoms with Crippen LogP contribution in [0.1, 0.15) is 23.7 Å². The molecule has 0 radical (unpaired) electrons. The number of aromatic amines is 1. The van der Waals surface area contributed by atoms with Gasteiger partial charge in [0.05, 0.1) is 17.7 Å². The number of nitrogens with zero attached hydrogens (tertiary/aromatic N) is 1. The van der Waals surface area contributed by atoms with Gasteiger partial charge >= 0.3 is 0 Å². The Morgan fingerprint density at radius 1 is 1.07 bits per heavy atom. The summed E-state index contributed by atoms with van der Waals surface area (Å²) in [7, 11) is 0. The molecule has 5 nitrogen and oxygen atoms in total. The van der Waals surface area contributed by atoms with E-state index >= 15 is 0 Å². The summed E-state index contributed by atoms with van der Waals surface area (Å²) >= 11 is 0. The van der Waals surface area contributed by atoms with Crippen molar-refractivity contribution < 1.29 is 4.79 Å². The van der Waals surface area contributed by atoms with Crippen LogP contribution >= 0.6 is 0 Å². The second-order valence-corrected chi connectivity index (χ2v) is 7.26. The lowest BCUT2D eigenvalue weighted by molar-refractivity contribution is -0.115. The van der Waals surface area contributed by atoms with Crippen molar-refractivity contribution in [3.05, 3.63) is 71.5 Å². The van der Waals surface area contributed by atoms with Crippen LogP contribution in [0.5, 0.6) is 0 Å². The fraction of sp³-hybridized carbons (Fsp3) is 0.250. The molecule has 0 bridgehead atoms. The van der Waals surface area contributed by atoms with E-state index in [9.17, 15) is 4.79 Å². The molecule has 3 N–H and O–H groups in total. The predicted octanol–water partition coefficient (Wildman–Crippen LogP) is 4.36. The molecule has 29 heavy (non-hydrogen) atoms. The second-order valence-electron chi connectivity index (χ2n) is 7.26. The molecule has 0 aliphatic rings. The van der Waals surface area contributed by atoms with E-state index in [0.29, 0.717) is 0 Å². The van der Waals surface area contributed by atoms with Gasteiger partial charge < -0.3 is 15.6 Å². The number of H-pyrrole nitrogens is 1. The minimum Gasteiger partial charge on any atom is -0.361 e. The quantitative estimate of drug-likeness (QED) is 0.413. The first-order valence-electron chi connectivity index (χ1n) is 10.1. The molecule has 0 spiro atoms. The highest BCUT2D eigenvalue weighted by molar-refractivity contribution is 6.03. The lowest BCUT2D eigenvalue weighted by Crippen LogP contribution is -2.30. The molecule has 148 valence electrons. The zero-order chi connectivity index (χ0) is 20.2. The highest BCUT2D eigenvalue weighted by Crippen LogP contribution is 2.28. The molecule has 1 amide bonds. The number of hydrogen-bond acceptors (Lipinski definition) is 3. The fourth-order valence-corrected chi connectivity index (χ4v) is 3.81. The maximum Gasteiger partial charge on any atom is 0.238 e. The van der Waals surface area contributed by atoms with Crippen LogP contribution in [0.15, 0.2) is 54.7 Å². The Balaban J connectivity index is 1.39. The maximum atomic E-state index is 12.6. The molecule has 0 atom stereocenters. The van der Waals surface area contributed by atoms with Crippen LogP contribution in [-0.4, -0.2) is 29.0 Å². The third kappa shape index (κ3) is 4.00. The molecule has 0 saturated heterocycles. The van der Waals surface area contributed by atoms with Gasteiger partial charge in [-0.3, -0.25) is 9.78 Å². The second kappa shape index (κ2) is 8.45. The van der Waals surface area contributed by atoms with Gasteiger partial charge in [-0.25, -0.2) is 0 Å². The zero-order valence-electron chi connectivity index (χ0n) is 16.9. The standard InChI is InChI=1S/C24H26N4O/c1-3-20-16(2)24(19-9-5-7-11-22(19)27-20)28-23(29)15-25-13-12-17-14-26-21-10-6-4-8-18(17)21/h4-11,14,25-26H,3,12-13,15H2,1-2H3,(H,27,28,29). The van der Waals surface area contributed by atoms with Gasteiger partial charge in [-0.05, 0) is 49.6 Å². The molecule has 2 aromatic carbocycles. The van der Waals surface area contributed by atoms with Gasteiger partial charge in [0.15, 0.2) is 0 Å². The summed E-state index contributed by atoms with van der Waals surface area (Å²) in [4.78, 5) is 20.6. The normalized spacial score (nSPS) is 11.2. The van der Waals surface area contributed by atoms with Gasteiger partial charge in [-0.2, -0.15) is 0 Å². The van der Waals surface area contributed by atoms with Crippen molar-refractivity contribution in [1.29, 1.82) is 0 Å². The Kier molecular flexibility index (Phi) is 5.58.